The van der Waals surface area contributed by atoms with E-state index in [1.54, 1.807) is 0 Å². The average Bonchev–Trinajstić information content (AvgIpc) is 3.44. The molecule has 4 aromatic rings. The molecule has 148 valence electrons. The first kappa shape index (κ1) is 18.1. The molecule has 1 unspecified atom stereocenters. The lowest BCUT2D eigenvalue weighted by Crippen LogP contribution is -2.29. The zero-order valence-corrected chi connectivity index (χ0v) is 16.5. The van der Waals surface area contributed by atoms with Crippen LogP contribution in [0.15, 0.2) is 48.8 Å². The van der Waals surface area contributed by atoms with Crippen molar-refractivity contribution < 1.29 is 0 Å². The van der Waals surface area contributed by atoms with Gasteiger partial charge in [0.1, 0.15) is 6.33 Å². The summed E-state index contributed by atoms with van der Waals surface area (Å²) in [4.78, 5) is 4.26. The predicted octanol–water partition coefficient (Wildman–Crippen LogP) is 4.34. The number of nitrogens with one attached hydrogen (secondary N) is 3. The first-order valence-corrected chi connectivity index (χ1v) is 10.5. The van der Waals surface area contributed by atoms with Gasteiger partial charge >= 0.3 is 0 Å². The predicted molar refractivity (Wildman–Crippen MR) is 115 cm³/mol. The molecule has 0 spiro atoms. The highest BCUT2D eigenvalue weighted by molar-refractivity contribution is 5.95. The molecule has 0 bridgehead atoms. The maximum Gasteiger partial charge on any atom is 0.155 e. The summed E-state index contributed by atoms with van der Waals surface area (Å²) in [5.41, 5.74) is 5.56. The Morgan fingerprint density at radius 1 is 1.03 bits per heavy atom. The Bertz CT molecular complexity index is 1080. The van der Waals surface area contributed by atoms with E-state index in [9.17, 15) is 0 Å². The number of fused-ring (bicyclic) bond motifs is 1. The quantitative estimate of drug-likeness (QED) is 0.460. The lowest BCUT2D eigenvalue weighted by atomic mass is 9.92. The fourth-order valence-electron chi connectivity index (χ4n) is 4.37. The molecular formula is C23H26N6. The molecule has 1 aliphatic heterocycles. The van der Waals surface area contributed by atoms with Crippen molar-refractivity contribution in [1.29, 1.82) is 0 Å². The van der Waals surface area contributed by atoms with Crippen LogP contribution >= 0.6 is 0 Å². The topological polar surface area (TPSA) is 82.3 Å². The molecule has 1 fully saturated rings. The summed E-state index contributed by atoms with van der Waals surface area (Å²) in [5.74, 6) is 1.61. The summed E-state index contributed by atoms with van der Waals surface area (Å²) in [6.45, 7) is 2.38. The van der Waals surface area contributed by atoms with Gasteiger partial charge in [-0.3, -0.25) is 10.2 Å². The van der Waals surface area contributed by atoms with E-state index >= 15 is 0 Å². The number of hydrogen-bond donors (Lipinski definition) is 3. The van der Waals surface area contributed by atoms with Gasteiger partial charge in [0.05, 0.1) is 11.2 Å². The fraction of sp³-hybridized carbons (Fsp3) is 0.348. The van der Waals surface area contributed by atoms with Gasteiger partial charge < -0.3 is 5.32 Å². The van der Waals surface area contributed by atoms with Gasteiger partial charge in [0.15, 0.2) is 5.82 Å². The monoisotopic (exact) mass is 386 g/mol. The van der Waals surface area contributed by atoms with E-state index in [0.29, 0.717) is 0 Å². The highest BCUT2D eigenvalue weighted by Gasteiger charge is 2.13. The summed E-state index contributed by atoms with van der Waals surface area (Å²) in [6.07, 6.45) is 7.90. The fourth-order valence-corrected chi connectivity index (χ4v) is 4.37. The van der Waals surface area contributed by atoms with Gasteiger partial charge in [-0.2, -0.15) is 10.2 Å². The van der Waals surface area contributed by atoms with Crippen molar-refractivity contribution in [2.45, 2.75) is 32.1 Å². The number of piperidine rings is 1. The van der Waals surface area contributed by atoms with Crippen molar-refractivity contribution in [3.8, 4) is 22.6 Å². The summed E-state index contributed by atoms with van der Waals surface area (Å²) < 4.78 is 0. The van der Waals surface area contributed by atoms with Crippen molar-refractivity contribution in [2.75, 3.05) is 13.1 Å². The molecule has 2 aromatic heterocycles. The maximum absolute atomic E-state index is 4.60. The molecular weight excluding hydrogens is 360 g/mol. The smallest absolute Gasteiger partial charge is 0.155 e. The second kappa shape index (κ2) is 8.17. The van der Waals surface area contributed by atoms with Crippen molar-refractivity contribution in [3.63, 3.8) is 0 Å². The normalized spacial score (nSPS) is 17.0. The number of H-pyrrole nitrogens is 2. The van der Waals surface area contributed by atoms with Crippen molar-refractivity contribution in [3.05, 3.63) is 54.4 Å². The lowest BCUT2D eigenvalue weighted by molar-refractivity contribution is 0.351. The van der Waals surface area contributed by atoms with Crippen LogP contribution in [0, 0.1) is 5.92 Å². The standard InChI is InChI=1S/C23H26N6/c1(6-17-7-3-11-24-14-17)4-16-5-2-8-18(12-16)22-20-13-19(23-25-15-26-29-23)9-10-21(20)27-28-22/h2,5,8-10,12-13,15,17,24H,1,3-4,6-7,11,14H2,(H,27,28)(H,25,26,29). The second-order valence-electron chi connectivity index (χ2n) is 7.97. The highest BCUT2D eigenvalue weighted by Crippen LogP contribution is 2.30. The summed E-state index contributed by atoms with van der Waals surface area (Å²) in [5, 5.41) is 19.3. The van der Waals surface area contributed by atoms with Gasteiger partial charge in [-0.1, -0.05) is 18.2 Å². The number of hydrogen-bond acceptors (Lipinski definition) is 4. The van der Waals surface area contributed by atoms with Crippen LogP contribution in [0.5, 0.6) is 0 Å². The molecule has 3 heterocycles. The molecule has 3 N–H and O–H groups in total. The van der Waals surface area contributed by atoms with E-state index in [2.05, 4.69) is 61.0 Å². The van der Waals surface area contributed by atoms with Gasteiger partial charge in [-0.25, -0.2) is 4.98 Å². The molecule has 1 saturated heterocycles. The maximum atomic E-state index is 4.60. The molecule has 5 rings (SSSR count). The third-order valence-corrected chi connectivity index (χ3v) is 5.93. The molecule has 1 aliphatic rings. The van der Waals surface area contributed by atoms with Gasteiger partial charge in [0.2, 0.25) is 0 Å². The van der Waals surface area contributed by atoms with Crippen LogP contribution in [0.3, 0.4) is 0 Å². The Hall–Kier alpha value is -2.99. The first-order valence-electron chi connectivity index (χ1n) is 10.5. The van der Waals surface area contributed by atoms with E-state index in [4.69, 9.17) is 0 Å². The Morgan fingerprint density at radius 3 is 2.90 bits per heavy atom. The zero-order chi connectivity index (χ0) is 19.5. The van der Waals surface area contributed by atoms with Gasteiger partial charge in [0.25, 0.3) is 0 Å². The third-order valence-electron chi connectivity index (χ3n) is 5.93. The number of aromatic nitrogens is 5. The van der Waals surface area contributed by atoms with Gasteiger partial charge in [-0.15, -0.1) is 0 Å². The minimum absolute atomic E-state index is 0.769. The lowest BCUT2D eigenvalue weighted by Gasteiger charge is -2.22. The van der Waals surface area contributed by atoms with E-state index in [1.165, 1.54) is 50.7 Å². The van der Waals surface area contributed by atoms with Crippen molar-refractivity contribution in [2.24, 2.45) is 5.92 Å². The number of aryl methyl sites for hydroxylation is 1. The Kier molecular flexibility index (Phi) is 5.09. The number of nitrogens with zero attached hydrogens (tertiary/aromatic N) is 3. The molecule has 0 radical (unpaired) electrons. The highest BCUT2D eigenvalue weighted by atomic mass is 15.2. The minimum atomic E-state index is 0.769. The van der Waals surface area contributed by atoms with E-state index in [-0.39, 0.29) is 0 Å². The van der Waals surface area contributed by atoms with E-state index < -0.39 is 0 Å². The van der Waals surface area contributed by atoms with Gasteiger partial charge in [0, 0.05) is 16.5 Å². The van der Waals surface area contributed by atoms with Crippen molar-refractivity contribution >= 4 is 10.9 Å². The Labute approximate surface area is 170 Å². The molecule has 0 amide bonds. The second-order valence-corrected chi connectivity index (χ2v) is 7.97. The summed E-state index contributed by atoms with van der Waals surface area (Å²) in [7, 11) is 0. The molecule has 0 aliphatic carbocycles. The van der Waals surface area contributed by atoms with Crippen LogP contribution in [0.1, 0.15) is 31.2 Å². The molecule has 29 heavy (non-hydrogen) atoms. The van der Waals surface area contributed by atoms with Gasteiger partial charge in [-0.05, 0) is 80.9 Å². The van der Waals surface area contributed by atoms with Crippen LogP contribution in [-0.2, 0) is 6.42 Å². The number of benzene rings is 2. The third kappa shape index (κ3) is 3.93. The Balaban J connectivity index is 1.36. The molecule has 6 nitrogen and oxygen atoms in total. The van der Waals surface area contributed by atoms with Crippen LogP contribution in [0.2, 0.25) is 0 Å². The first-order chi connectivity index (χ1) is 14.4. The van der Waals surface area contributed by atoms with Crippen LogP contribution < -0.4 is 5.32 Å². The van der Waals surface area contributed by atoms with Crippen LogP contribution in [0.25, 0.3) is 33.5 Å². The summed E-state index contributed by atoms with van der Waals surface area (Å²) in [6, 6.07) is 15.0. The molecule has 6 heteroatoms. The van der Waals surface area contributed by atoms with Crippen LogP contribution in [0.4, 0.5) is 0 Å². The van der Waals surface area contributed by atoms with Crippen LogP contribution in [-0.4, -0.2) is 38.5 Å². The molecule has 0 saturated carbocycles. The molecule has 2 aromatic carbocycles. The number of aromatic amines is 2. The SMILES string of the molecule is c1cc(CCCC2CCCNC2)cc(-c2n[nH]c3ccc(-c4ncn[nH]4)cc23)c1. The Morgan fingerprint density at radius 2 is 2.03 bits per heavy atom. The molecule has 1 atom stereocenters. The minimum Gasteiger partial charge on any atom is -0.316 e. The largest absolute Gasteiger partial charge is 0.316 e. The van der Waals surface area contributed by atoms with E-state index in [1.807, 2.05) is 12.1 Å². The summed E-state index contributed by atoms with van der Waals surface area (Å²) >= 11 is 0. The van der Waals surface area contributed by atoms with Crippen molar-refractivity contribution in [1.82, 2.24) is 30.7 Å². The van der Waals surface area contributed by atoms with E-state index in [0.717, 1.165) is 45.9 Å². The average molecular weight is 387 g/mol. The zero-order valence-electron chi connectivity index (χ0n) is 16.5. The number of rotatable bonds is 6.